The van der Waals surface area contributed by atoms with E-state index in [-0.39, 0.29) is 11.2 Å². The summed E-state index contributed by atoms with van der Waals surface area (Å²) in [6.45, 7) is 11.2. The molecule has 0 atom stereocenters. The highest BCUT2D eigenvalue weighted by Crippen LogP contribution is 2.41. The number of hydrogen-bond donors (Lipinski definition) is 1. The molecule has 4 aromatic rings. The SMILES string of the molecule is CC(C)(C)COSc1ccc(-c2ccc3cc(O)ccc3c2Oc2ccc(OCCN3CCCCC3)cc2)cc1. The van der Waals surface area contributed by atoms with Crippen LogP contribution in [0.15, 0.2) is 83.8 Å². The van der Waals surface area contributed by atoms with Gasteiger partial charge in [-0.2, -0.15) is 0 Å². The molecule has 1 heterocycles. The van der Waals surface area contributed by atoms with E-state index >= 15 is 0 Å². The van der Waals surface area contributed by atoms with Crippen LogP contribution in [0.2, 0.25) is 0 Å². The molecule has 0 aromatic heterocycles. The summed E-state index contributed by atoms with van der Waals surface area (Å²) < 4.78 is 18.4. The maximum Gasteiger partial charge on any atom is 0.143 e. The molecule has 6 heteroatoms. The fourth-order valence-electron chi connectivity index (χ4n) is 4.79. The lowest BCUT2D eigenvalue weighted by Crippen LogP contribution is -2.33. The van der Waals surface area contributed by atoms with E-state index in [1.807, 2.05) is 42.5 Å². The number of nitrogens with zero attached hydrogens (tertiary/aromatic N) is 1. The van der Waals surface area contributed by atoms with Gasteiger partial charge in [-0.1, -0.05) is 45.4 Å². The van der Waals surface area contributed by atoms with E-state index in [1.165, 1.54) is 44.4 Å². The Hall–Kier alpha value is -3.19. The Labute approximate surface area is 242 Å². The summed E-state index contributed by atoms with van der Waals surface area (Å²) in [6.07, 6.45) is 3.92. The number of benzene rings is 4. The van der Waals surface area contributed by atoms with Crippen molar-refractivity contribution in [2.45, 2.75) is 44.9 Å². The summed E-state index contributed by atoms with van der Waals surface area (Å²) in [7, 11) is 0. The van der Waals surface area contributed by atoms with Gasteiger partial charge in [-0.05, 0) is 103 Å². The number of phenolic OH excluding ortho intramolecular Hbond substituents is 1. The van der Waals surface area contributed by atoms with Gasteiger partial charge in [-0.15, -0.1) is 0 Å². The van der Waals surface area contributed by atoms with Gasteiger partial charge in [0.1, 0.15) is 29.6 Å². The van der Waals surface area contributed by atoms with E-state index in [2.05, 4.69) is 49.9 Å². The second-order valence-corrected chi connectivity index (χ2v) is 12.5. The molecular formula is C34H39NO4S. The van der Waals surface area contributed by atoms with Crippen LogP contribution in [0.25, 0.3) is 21.9 Å². The lowest BCUT2D eigenvalue weighted by Gasteiger charge is -2.26. The predicted molar refractivity (Wildman–Crippen MR) is 165 cm³/mol. The molecule has 1 fully saturated rings. The van der Waals surface area contributed by atoms with E-state index in [1.54, 1.807) is 12.1 Å². The number of likely N-dealkylation sites (tertiary alicyclic amines) is 1. The summed E-state index contributed by atoms with van der Waals surface area (Å²) in [6, 6.07) is 25.6. The molecule has 1 aliphatic rings. The first-order valence-corrected chi connectivity index (χ1v) is 14.9. The van der Waals surface area contributed by atoms with Crippen LogP contribution < -0.4 is 9.47 Å². The van der Waals surface area contributed by atoms with Crippen molar-refractivity contribution >= 4 is 22.8 Å². The van der Waals surface area contributed by atoms with Gasteiger partial charge in [0.2, 0.25) is 0 Å². The zero-order valence-corrected chi connectivity index (χ0v) is 24.5. The van der Waals surface area contributed by atoms with E-state index in [0.717, 1.165) is 50.6 Å². The zero-order valence-electron chi connectivity index (χ0n) is 23.7. The Kier molecular flexibility index (Phi) is 9.20. The normalized spacial score (nSPS) is 14.4. The Bertz CT molecular complexity index is 1390. The minimum absolute atomic E-state index is 0.121. The van der Waals surface area contributed by atoms with Gasteiger partial charge in [0.15, 0.2) is 0 Å². The molecular weight excluding hydrogens is 518 g/mol. The first kappa shape index (κ1) is 28.3. The quantitative estimate of drug-likeness (QED) is 0.196. The van der Waals surface area contributed by atoms with Crippen LogP contribution in [0.3, 0.4) is 0 Å². The molecule has 210 valence electrons. The first-order valence-electron chi connectivity index (χ1n) is 14.1. The Morgan fingerprint density at radius 3 is 2.27 bits per heavy atom. The molecule has 1 aliphatic heterocycles. The molecule has 4 aromatic carbocycles. The van der Waals surface area contributed by atoms with Gasteiger partial charge in [0, 0.05) is 34.4 Å². The molecule has 0 radical (unpaired) electrons. The topological polar surface area (TPSA) is 51.2 Å². The molecule has 1 saturated heterocycles. The van der Waals surface area contributed by atoms with Gasteiger partial charge in [0.25, 0.3) is 0 Å². The van der Waals surface area contributed by atoms with Crippen LogP contribution in [0.1, 0.15) is 40.0 Å². The number of ether oxygens (including phenoxy) is 2. The molecule has 0 aliphatic carbocycles. The standard InChI is InChI=1S/C34H39NO4S/c1-34(2,3)24-38-40-30-15-7-25(8-16-30)31-17-9-26-23-27(36)10-18-32(26)33(31)39-29-13-11-28(12-14-29)37-22-21-35-19-5-4-6-20-35/h7-18,23,36H,4-6,19-22,24H2,1-3H3. The van der Waals surface area contributed by atoms with Crippen molar-refractivity contribution in [3.63, 3.8) is 0 Å². The summed E-state index contributed by atoms with van der Waals surface area (Å²) in [5.74, 6) is 2.55. The molecule has 0 unspecified atom stereocenters. The van der Waals surface area contributed by atoms with Gasteiger partial charge in [-0.3, -0.25) is 4.90 Å². The van der Waals surface area contributed by atoms with Gasteiger partial charge in [-0.25, -0.2) is 0 Å². The maximum absolute atomic E-state index is 10.1. The molecule has 5 rings (SSSR count). The average Bonchev–Trinajstić information content (AvgIpc) is 2.94. The smallest absolute Gasteiger partial charge is 0.143 e. The molecule has 40 heavy (non-hydrogen) atoms. The predicted octanol–water partition coefficient (Wildman–Crippen LogP) is 8.94. The summed E-state index contributed by atoms with van der Waals surface area (Å²) in [4.78, 5) is 3.53. The largest absolute Gasteiger partial charge is 0.508 e. The van der Waals surface area contributed by atoms with Crippen molar-refractivity contribution < 1.29 is 18.8 Å². The van der Waals surface area contributed by atoms with Crippen molar-refractivity contribution in [3.8, 4) is 34.1 Å². The van der Waals surface area contributed by atoms with E-state index in [4.69, 9.17) is 13.7 Å². The maximum atomic E-state index is 10.1. The number of piperidine rings is 1. The molecule has 0 spiro atoms. The van der Waals surface area contributed by atoms with Crippen LogP contribution in [-0.2, 0) is 4.18 Å². The lowest BCUT2D eigenvalue weighted by atomic mass is 9.99. The molecule has 0 amide bonds. The van der Waals surface area contributed by atoms with Crippen LogP contribution in [0, 0.1) is 5.41 Å². The number of rotatable bonds is 10. The van der Waals surface area contributed by atoms with Crippen LogP contribution in [0.4, 0.5) is 0 Å². The summed E-state index contributed by atoms with van der Waals surface area (Å²) in [5.41, 5.74) is 2.14. The zero-order chi connectivity index (χ0) is 28.0. The van der Waals surface area contributed by atoms with Crippen molar-refractivity contribution in [1.82, 2.24) is 4.90 Å². The first-order chi connectivity index (χ1) is 19.3. The number of hydrogen-bond acceptors (Lipinski definition) is 6. The van der Waals surface area contributed by atoms with Gasteiger partial charge in [0.05, 0.1) is 6.61 Å². The third-order valence-electron chi connectivity index (χ3n) is 6.93. The van der Waals surface area contributed by atoms with Crippen LogP contribution in [0.5, 0.6) is 23.0 Å². The molecule has 0 bridgehead atoms. The van der Waals surface area contributed by atoms with Crippen molar-refractivity contribution in [2.24, 2.45) is 5.41 Å². The van der Waals surface area contributed by atoms with E-state index in [0.29, 0.717) is 13.2 Å². The highest BCUT2D eigenvalue weighted by Gasteiger charge is 2.15. The molecule has 5 nitrogen and oxygen atoms in total. The summed E-state index contributed by atoms with van der Waals surface area (Å²) >= 11 is 1.40. The second kappa shape index (κ2) is 13.0. The van der Waals surface area contributed by atoms with Crippen molar-refractivity contribution in [3.05, 3.63) is 78.9 Å². The Morgan fingerprint density at radius 1 is 0.825 bits per heavy atom. The third-order valence-corrected chi connectivity index (χ3v) is 7.64. The van der Waals surface area contributed by atoms with Gasteiger partial charge >= 0.3 is 0 Å². The fourth-order valence-corrected chi connectivity index (χ4v) is 5.58. The highest BCUT2D eigenvalue weighted by atomic mass is 32.2. The van der Waals surface area contributed by atoms with E-state index in [9.17, 15) is 5.11 Å². The second-order valence-electron chi connectivity index (χ2n) is 11.6. The highest BCUT2D eigenvalue weighted by molar-refractivity contribution is 7.94. The monoisotopic (exact) mass is 557 g/mol. The Balaban J connectivity index is 1.32. The minimum Gasteiger partial charge on any atom is -0.508 e. The Morgan fingerprint density at radius 2 is 1.55 bits per heavy atom. The molecule has 0 saturated carbocycles. The fraction of sp³-hybridized carbons (Fsp3) is 0.353. The van der Waals surface area contributed by atoms with E-state index < -0.39 is 0 Å². The molecule has 1 N–H and O–H groups in total. The van der Waals surface area contributed by atoms with Crippen LogP contribution in [-0.4, -0.2) is 42.9 Å². The minimum atomic E-state index is 0.121. The summed E-state index contributed by atoms with van der Waals surface area (Å²) in [5, 5.41) is 11.9. The number of aromatic hydroxyl groups is 1. The van der Waals surface area contributed by atoms with Gasteiger partial charge < -0.3 is 18.8 Å². The average molecular weight is 558 g/mol. The van der Waals surface area contributed by atoms with Crippen molar-refractivity contribution in [2.75, 3.05) is 32.8 Å². The van der Waals surface area contributed by atoms with Crippen molar-refractivity contribution in [1.29, 1.82) is 0 Å². The lowest BCUT2D eigenvalue weighted by molar-refractivity contribution is 0.183. The van der Waals surface area contributed by atoms with Crippen LogP contribution >= 0.6 is 12.0 Å². The number of phenols is 1. The third kappa shape index (κ3) is 7.72. The number of fused-ring (bicyclic) bond motifs is 1.